The number of amides is 1. The van der Waals surface area contributed by atoms with Crippen LogP contribution in [0.3, 0.4) is 0 Å². The molecule has 28 heavy (non-hydrogen) atoms. The second-order valence-electron chi connectivity index (χ2n) is 6.21. The lowest BCUT2D eigenvalue weighted by Gasteiger charge is -2.22. The first-order chi connectivity index (χ1) is 13.0. The number of thioether (sulfide) groups is 1. The molecule has 0 bridgehead atoms. The number of halogens is 2. The predicted octanol–water partition coefficient (Wildman–Crippen LogP) is 4.20. The van der Waals surface area contributed by atoms with E-state index in [1.54, 1.807) is 19.1 Å². The summed E-state index contributed by atoms with van der Waals surface area (Å²) in [6.45, 7) is 3.68. The van der Waals surface area contributed by atoms with Gasteiger partial charge in [0.25, 0.3) is 0 Å². The highest BCUT2D eigenvalue weighted by Crippen LogP contribution is 2.37. The third-order valence-electron chi connectivity index (χ3n) is 4.16. The maximum absolute atomic E-state index is 13.0. The van der Waals surface area contributed by atoms with Gasteiger partial charge in [-0.3, -0.25) is 4.79 Å². The van der Waals surface area contributed by atoms with Gasteiger partial charge in [-0.1, -0.05) is 0 Å². The van der Waals surface area contributed by atoms with Gasteiger partial charge < -0.3 is 15.0 Å². The summed E-state index contributed by atoms with van der Waals surface area (Å²) in [5, 5.41) is 3.42. The monoisotopic (exact) mass is 444 g/mol. The molecule has 3 rings (SSSR count). The fraction of sp³-hybridized carbons (Fsp3) is 0.368. The lowest BCUT2D eigenvalue weighted by atomic mass is 10.0. The van der Waals surface area contributed by atoms with Gasteiger partial charge in [-0.2, -0.15) is 0 Å². The number of fused-ring (bicyclic) bond motifs is 1. The fourth-order valence-corrected chi connectivity index (χ4v) is 4.91. The molecule has 0 saturated heterocycles. The van der Waals surface area contributed by atoms with Crippen molar-refractivity contribution in [3.8, 4) is 0 Å². The van der Waals surface area contributed by atoms with Crippen LogP contribution in [0.25, 0.3) is 0 Å². The molecule has 0 fully saturated rings. The summed E-state index contributed by atoms with van der Waals surface area (Å²) in [4.78, 5) is 28.9. The van der Waals surface area contributed by atoms with Gasteiger partial charge in [0.1, 0.15) is 10.8 Å². The number of thiophene rings is 1. The fourth-order valence-electron chi connectivity index (χ4n) is 2.88. The Bertz CT molecular complexity index is 842. The maximum Gasteiger partial charge on any atom is 0.341 e. The Morgan fingerprint density at radius 3 is 2.71 bits per heavy atom. The van der Waals surface area contributed by atoms with Crippen molar-refractivity contribution >= 4 is 52.4 Å². The molecular formula is C19H22ClFN2O3S2. The number of likely N-dealkylation sites (N-methyl/N-ethyl adjacent to an activating group) is 1. The Morgan fingerprint density at radius 2 is 2.04 bits per heavy atom. The molecule has 2 aromatic rings. The number of carbonyl (C=O) groups excluding carboxylic acids is 2. The Balaban J connectivity index is 0.00000280. The Morgan fingerprint density at radius 1 is 1.32 bits per heavy atom. The standard InChI is InChI=1S/C19H21FN2O3S2.ClH/c1-3-25-19(24)17-14-8-9-22(2)10-15(14)27-18(17)21-16(23)11-26-13-6-4-12(20)5-7-13;/h4-7H,3,8-11H2,1-2H3,(H,21,23);1H. The maximum atomic E-state index is 13.0. The second-order valence-corrected chi connectivity index (χ2v) is 8.36. The minimum absolute atomic E-state index is 0. The van der Waals surface area contributed by atoms with E-state index in [1.807, 2.05) is 7.05 Å². The van der Waals surface area contributed by atoms with E-state index in [2.05, 4.69) is 10.2 Å². The van der Waals surface area contributed by atoms with E-state index in [4.69, 9.17) is 4.74 Å². The van der Waals surface area contributed by atoms with Gasteiger partial charge in [-0.05, 0) is 50.2 Å². The number of esters is 1. The van der Waals surface area contributed by atoms with Crippen LogP contribution in [0.1, 0.15) is 27.7 Å². The molecule has 1 aliphatic rings. The molecule has 0 saturated carbocycles. The smallest absolute Gasteiger partial charge is 0.341 e. The number of carbonyl (C=O) groups is 2. The molecule has 0 aliphatic carbocycles. The summed E-state index contributed by atoms with van der Waals surface area (Å²) in [5.74, 6) is -0.726. The van der Waals surface area contributed by atoms with Crippen molar-refractivity contribution in [1.29, 1.82) is 0 Å². The third kappa shape index (κ3) is 5.47. The SMILES string of the molecule is CCOC(=O)c1c(NC(=O)CSc2ccc(F)cc2)sc2c1CCN(C)C2.Cl. The largest absolute Gasteiger partial charge is 0.462 e. The Hall–Kier alpha value is -1.61. The van der Waals surface area contributed by atoms with Crippen molar-refractivity contribution in [3.63, 3.8) is 0 Å². The van der Waals surface area contributed by atoms with Gasteiger partial charge in [0.15, 0.2) is 0 Å². The number of benzene rings is 1. The van der Waals surface area contributed by atoms with E-state index in [9.17, 15) is 14.0 Å². The molecule has 1 aromatic heterocycles. The number of rotatable bonds is 6. The Labute approximate surface area is 178 Å². The molecule has 152 valence electrons. The Kier molecular flexibility index (Phi) is 8.30. The molecule has 1 aromatic carbocycles. The molecule has 2 heterocycles. The van der Waals surface area contributed by atoms with Crippen LogP contribution in [-0.4, -0.2) is 42.7 Å². The summed E-state index contributed by atoms with van der Waals surface area (Å²) in [6.07, 6.45) is 0.761. The van der Waals surface area contributed by atoms with E-state index in [0.717, 1.165) is 34.8 Å². The zero-order chi connectivity index (χ0) is 19.4. The first-order valence-electron chi connectivity index (χ1n) is 8.66. The molecule has 1 amide bonds. The summed E-state index contributed by atoms with van der Waals surface area (Å²) in [5.41, 5.74) is 1.48. The van der Waals surface area contributed by atoms with Crippen molar-refractivity contribution < 1.29 is 18.7 Å². The van der Waals surface area contributed by atoms with Gasteiger partial charge in [0.2, 0.25) is 5.91 Å². The highest BCUT2D eigenvalue weighted by molar-refractivity contribution is 8.00. The van der Waals surface area contributed by atoms with Crippen LogP contribution < -0.4 is 5.32 Å². The minimum Gasteiger partial charge on any atom is -0.462 e. The van der Waals surface area contributed by atoms with E-state index in [-0.39, 0.29) is 42.5 Å². The van der Waals surface area contributed by atoms with E-state index >= 15 is 0 Å². The first kappa shape index (κ1) is 22.7. The van der Waals surface area contributed by atoms with Crippen molar-refractivity contribution in [2.24, 2.45) is 0 Å². The second kappa shape index (κ2) is 10.2. The lowest BCUT2D eigenvalue weighted by molar-refractivity contribution is -0.113. The van der Waals surface area contributed by atoms with Crippen LogP contribution in [0, 0.1) is 5.82 Å². The van der Waals surface area contributed by atoms with Gasteiger partial charge in [0.05, 0.1) is 17.9 Å². The van der Waals surface area contributed by atoms with Crippen LogP contribution in [0.5, 0.6) is 0 Å². The molecule has 5 nitrogen and oxygen atoms in total. The highest BCUT2D eigenvalue weighted by Gasteiger charge is 2.28. The molecule has 1 N–H and O–H groups in total. The predicted molar refractivity (Wildman–Crippen MR) is 113 cm³/mol. The van der Waals surface area contributed by atoms with Crippen molar-refractivity contribution in [3.05, 3.63) is 46.1 Å². The van der Waals surface area contributed by atoms with Crippen molar-refractivity contribution in [2.45, 2.75) is 24.8 Å². The third-order valence-corrected chi connectivity index (χ3v) is 6.31. The molecule has 0 radical (unpaired) electrons. The van der Waals surface area contributed by atoms with Crippen LogP contribution in [0.2, 0.25) is 0 Å². The van der Waals surface area contributed by atoms with Gasteiger partial charge >= 0.3 is 5.97 Å². The normalized spacial score (nSPS) is 13.4. The first-order valence-corrected chi connectivity index (χ1v) is 10.5. The zero-order valence-electron chi connectivity index (χ0n) is 15.6. The van der Waals surface area contributed by atoms with Gasteiger partial charge in [-0.15, -0.1) is 35.5 Å². The minimum atomic E-state index is -0.388. The average molecular weight is 445 g/mol. The average Bonchev–Trinajstić information content (AvgIpc) is 2.98. The quantitative estimate of drug-likeness (QED) is 0.534. The van der Waals surface area contributed by atoms with Gasteiger partial charge in [-0.25, -0.2) is 9.18 Å². The summed E-state index contributed by atoms with van der Waals surface area (Å²) in [6, 6.07) is 6.00. The summed E-state index contributed by atoms with van der Waals surface area (Å²) in [7, 11) is 2.03. The molecule has 0 atom stereocenters. The molecular weight excluding hydrogens is 423 g/mol. The lowest BCUT2D eigenvalue weighted by Crippen LogP contribution is -2.26. The van der Waals surface area contributed by atoms with Crippen molar-refractivity contribution in [2.75, 3.05) is 31.3 Å². The van der Waals surface area contributed by atoms with Crippen molar-refractivity contribution in [1.82, 2.24) is 4.90 Å². The number of hydrogen-bond acceptors (Lipinski definition) is 6. The zero-order valence-corrected chi connectivity index (χ0v) is 18.1. The topological polar surface area (TPSA) is 58.6 Å². The van der Waals surface area contributed by atoms with Gasteiger partial charge in [0, 0.05) is 22.9 Å². The molecule has 0 spiro atoms. The highest BCUT2D eigenvalue weighted by atomic mass is 35.5. The van der Waals surface area contributed by atoms with Crippen LogP contribution in [-0.2, 0) is 22.5 Å². The van der Waals surface area contributed by atoms with Crippen LogP contribution >= 0.6 is 35.5 Å². The number of hydrogen-bond donors (Lipinski definition) is 1. The molecule has 1 aliphatic heterocycles. The number of anilines is 1. The van der Waals surface area contributed by atoms with E-state index < -0.39 is 0 Å². The molecule has 9 heteroatoms. The van der Waals surface area contributed by atoms with E-state index in [1.165, 1.54) is 35.2 Å². The molecule has 0 unspecified atom stereocenters. The van der Waals surface area contributed by atoms with Crippen LogP contribution in [0.15, 0.2) is 29.2 Å². The summed E-state index contributed by atoms with van der Waals surface area (Å²) >= 11 is 2.76. The summed E-state index contributed by atoms with van der Waals surface area (Å²) < 4.78 is 18.2. The number of nitrogens with zero attached hydrogens (tertiary/aromatic N) is 1. The van der Waals surface area contributed by atoms with Crippen LogP contribution in [0.4, 0.5) is 9.39 Å². The number of nitrogens with one attached hydrogen (secondary N) is 1. The van der Waals surface area contributed by atoms with E-state index in [0.29, 0.717) is 10.6 Å². The number of ether oxygens (including phenoxy) is 1.